The number of carbonyl (C=O) groups is 1. The molecule has 0 aliphatic rings. The van der Waals surface area contributed by atoms with Crippen LogP contribution in [0.5, 0.6) is 5.75 Å². The van der Waals surface area contributed by atoms with Gasteiger partial charge in [-0.1, -0.05) is 60.7 Å². The summed E-state index contributed by atoms with van der Waals surface area (Å²) in [7, 11) is 0. The quantitative estimate of drug-likeness (QED) is 0.392. The van der Waals surface area contributed by atoms with E-state index in [-0.39, 0.29) is 0 Å². The minimum atomic E-state index is -0.668. The van der Waals surface area contributed by atoms with Crippen LogP contribution >= 0.6 is 0 Å². The normalized spacial score (nSPS) is 11.5. The number of nitrogens with zero attached hydrogens (tertiary/aromatic N) is 2. The Bertz CT molecular complexity index is 1150. The Hall–Kier alpha value is -4.19. The molecule has 0 aliphatic heterocycles. The van der Waals surface area contributed by atoms with Crippen LogP contribution in [0.4, 0.5) is 5.82 Å². The van der Waals surface area contributed by atoms with Crippen LogP contribution in [0.3, 0.4) is 0 Å². The molecule has 2 heterocycles. The van der Waals surface area contributed by atoms with E-state index in [0.717, 1.165) is 22.6 Å². The van der Waals surface area contributed by atoms with Crippen LogP contribution in [0.1, 0.15) is 17.0 Å². The molecule has 4 rings (SSSR count). The number of nitrogens with one attached hydrogen (secondary N) is 1. The first kappa shape index (κ1) is 21.1. The number of benzene rings is 2. The summed E-state index contributed by atoms with van der Waals surface area (Å²) in [6, 6.07) is 26.9. The zero-order chi connectivity index (χ0) is 22.2. The molecule has 0 aliphatic carbocycles. The van der Waals surface area contributed by atoms with Crippen LogP contribution < -0.4 is 15.8 Å². The van der Waals surface area contributed by atoms with Gasteiger partial charge in [-0.25, -0.2) is 4.98 Å². The second-order valence-electron chi connectivity index (χ2n) is 7.21. The zero-order valence-corrected chi connectivity index (χ0v) is 17.5. The molecule has 32 heavy (non-hydrogen) atoms. The number of rotatable bonds is 9. The highest BCUT2D eigenvalue weighted by Crippen LogP contribution is 2.31. The number of carbonyl (C=O) groups excluding carboxylic acids is 1. The Morgan fingerprint density at radius 1 is 0.938 bits per heavy atom. The molecule has 160 valence electrons. The number of hydrogen-bond donors (Lipinski definition) is 2. The molecular formula is C26H24N4O2. The van der Waals surface area contributed by atoms with E-state index in [0.29, 0.717) is 24.5 Å². The molecule has 6 nitrogen and oxygen atoms in total. The van der Waals surface area contributed by atoms with Crippen molar-refractivity contribution in [1.29, 1.82) is 0 Å². The molecule has 0 radical (unpaired) electrons. The molecule has 2 aromatic heterocycles. The third-order valence-electron chi connectivity index (χ3n) is 5.02. The number of hydrogen-bond acceptors (Lipinski definition) is 5. The Labute approximate surface area is 187 Å². The van der Waals surface area contributed by atoms with Crippen molar-refractivity contribution in [2.24, 2.45) is 5.73 Å². The highest BCUT2D eigenvalue weighted by Gasteiger charge is 2.24. The van der Waals surface area contributed by atoms with Crippen molar-refractivity contribution in [3.63, 3.8) is 0 Å². The smallest absolute Gasteiger partial charge is 0.229 e. The average Bonchev–Trinajstić information content (AvgIpc) is 2.84. The summed E-state index contributed by atoms with van der Waals surface area (Å²) in [4.78, 5) is 21.4. The van der Waals surface area contributed by atoms with Gasteiger partial charge in [0.2, 0.25) is 5.91 Å². The number of nitrogens with two attached hydrogens (primary N) is 1. The lowest BCUT2D eigenvalue weighted by atomic mass is 9.91. The Balaban J connectivity index is 1.63. The van der Waals surface area contributed by atoms with Gasteiger partial charge in [-0.2, -0.15) is 0 Å². The van der Waals surface area contributed by atoms with Crippen molar-refractivity contribution in [2.45, 2.75) is 5.92 Å². The SMILES string of the molecule is NC(=O)C(c1cccnc1)c1ccc(-c2ccccc2)nc1NCCOc1ccccc1. The highest BCUT2D eigenvalue weighted by atomic mass is 16.5. The van der Waals surface area contributed by atoms with Crippen LogP contribution in [-0.4, -0.2) is 29.0 Å². The molecule has 0 fully saturated rings. The molecule has 2 aromatic carbocycles. The zero-order valence-electron chi connectivity index (χ0n) is 17.5. The van der Waals surface area contributed by atoms with Gasteiger partial charge < -0.3 is 15.8 Å². The van der Waals surface area contributed by atoms with Crippen molar-refractivity contribution >= 4 is 11.7 Å². The van der Waals surface area contributed by atoms with Gasteiger partial charge in [0.25, 0.3) is 0 Å². The number of pyridine rings is 2. The largest absolute Gasteiger partial charge is 0.492 e. The maximum absolute atomic E-state index is 12.4. The van der Waals surface area contributed by atoms with E-state index in [1.54, 1.807) is 18.5 Å². The average molecular weight is 425 g/mol. The molecule has 3 N–H and O–H groups in total. The topological polar surface area (TPSA) is 90.1 Å². The minimum absolute atomic E-state index is 0.439. The van der Waals surface area contributed by atoms with Crippen LogP contribution in [0.15, 0.2) is 97.3 Å². The second-order valence-corrected chi connectivity index (χ2v) is 7.21. The van der Waals surface area contributed by atoms with Gasteiger partial charge >= 0.3 is 0 Å². The van der Waals surface area contributed by atoms with Crippen LogP contribution in [0.25, 0.3) is 11.3 Å². The molecule has 1 unspecified atom stereocenters. The molecule has 1 amide bonds. The lowest BCUT2D eigenvalue weighted by Crippen LogP contribution is -2.24. The van der Waals surface area contributed by atoms with Crippen molar-refractivity contribution in [2.75, 3.05) is 18.5 Å². The van der Waals surface area contributed by atoms with E-state index in [1.807, 2.05) is 78.9 Å². The fourth-order valence-corrected chi connectivity index (χ4v) is 3.51. The molecule has 0 spiro atoms. The Morgan fingerprint density at radius 2 is 1.69 bits per heavy atom. The van der Waals surface area contributed by atoms with Crippen molar-refractivity contribution in [1.82, 2.24) is 9.97 Å². The fourth-order valence-electron chi connectivity index (χ4n) is 3.51. The van der Waals surface area contributed by atoms with E-state index in [4.69, 9.17) is 15.5 Å². The van der Waals surface area contributed by atoms with E-state index in [1.165, 1.54) is 0 Å². The summed E-state index contributed by atoms with van der Waals surface area (Å²) in [5, 5.41) is 3.33. The summed E-state index contributed by atoms with van der Waals surface area (Å²) in [5.41, 5.74) is 9.01. The first-order valence-electron chi connectivity index (χ1n) is 10.4. The van der Waals surface area contributed by atoms with Crippen LogP contribution in [0.2, 0.25) is 0 Å². The standard InChI is InChI=1S/C26H24N4O2/c27-25(31)24(20-10-7-15-28-18-20)22-13-14-23(19-8-3-1-4-9-19)30-26(22)29-16-17-32-21-11-5-2-6-12-21/h1-15,18,24H,16-17H2,(H2,27,31)(H,29,30). The van der Waals surface area contributed by atoms with Crippen LogP contribution in [-0.2, 0) is 4.79 Å². The summed E-state index contributed by atoms with van der Waals surface area (Å²) in [5.74, 6) is 0.260. The number of anilines is 1. The number of aromatic nitrogens is 2. The molecule has 0 bridgehead atoms. The highest BCUT2D eigenvalue weighted by molar-refractivity contribution is 5.87. The van der Waals surface area contributed by atoms with Gasteiger partial charge in [-0.15, -0.1) is 0 Å². The molecular weight excluding hydrogens is 400 g/mol. The van der Waals surface area contributed by atoms with E-state index in [9.17, 15) is 4.79 Å². The third kappa shape index (κ3) is 5.10. The maximum Gasteiger partial charge on any atom is 0.229 e. The number of amides is 1. The summed E-state index contributed by atoms with van der Waals surface area (Å²) >= 11 is 0. The first-order valence-corrected chi connectivity index (χ1v) is 10.4. The monoisotopic (exact) mass is 424 g/mol. The lowest BCUT2D eigenvalue weighted by molar-refractivity contribution is -0.118. The van der Waals surface area contributed by atoms with Gasteiger partial charge in [-0.3, -0.25) is 9.78 Å². The van der Waals surface area contributed by atoms with E-state index in [2.05, 4.69) is 10.3 Å². The molecule has 4 aromatic rings. The second kappa shape index (κ2) is 10.2. The van der Waals surface area contributed by atoms with Crippen molar-refractivity contribution in [3.8, 4) is 17.0 Å². The summed E-state index contributed by atoms with van der Waals surface area (Å²) < 4.78 is 5.78. The van der Waals surface area contributed by atoms with Crippen molar-refractivity contribution < 1.29 is 9.53 Å². The number of primary amides is 1. The predicted octanol–water partition coefficient (Wildman–Crippen LogP) is 4.25. The predicted molar refractivity (Wildman–Crippen MR) is 125 cm³/mol. The van der Waals surface area contributed by atoms with Crippen molar-refractivity contribution in [3.05, 3.63) is 108 Å². The Kier molecular flexibility index (Phi) is 6.72. The maximum atomic E-state index is 12.4. The fraction of sp³-hybridized carbons (Fsp3) is 0.115. The first-order chi connectivity index (χ1) is 15.7. The van der Waals surface area contributed by atoms with Gasteiger partial charge in [0.05, 0.1) is 18.2 Å². The van der Waals surface area contributed by atoms with Gasteiger partial charge in [0.15, 0.2) is 0 Å². The molecule has 0 saturated carbocycles. The van der Waals surface area contributed by atoms with Gasteiger partial charge in [0, 0.05) is 23.5 Å². The van der Waals surface area contributed by atoms with Gasteiger partial charge in [0.1, 0.15) is 18.2 Å². The number of para-hydroxylation sites is 1. The molecule has 1 atom stereocenters. The molecule has 0 saturated heterocycles. The minimum Gasteiger partial charge on any atom is -0.492 e. The van der Waals surface area contributed by atoms with Crippen LogP contribution in [0, 0.1) is 0 Å². The Morgan fingerprint density at radius 3 is 2.38 bits per heavy atom. The summed E-state index contributed by atoms with van der Waals surface area (Å²) in [6.45, 7) is 0.945. The van der Waals surface area contributed by atoms with Gasteiger partial charge in [-0.05, 0) is 29.8 Å². The van der Waals surface area contributed by atoms with E-state index >= 15 is 0 Å². The third-order valence-corrected chi connectivity index (χ3v) is 5.02. The van der Waals surface area contributed by atoms with E-state index < -0.39 is 11.8 Å². The lowest BCUT2D eigenvalue weighted by Gasteiger charge is -2.19. The summed E-state index contributed by atoms with van der Waals surface area (Å²) in [6.07, 6.45) is 3.32. The molecule has 6 heteroatoms. The number of ether oxygens (including phenoxy) is 1.